The third kappa shape index (κ3) is 5.09. The average molecular weight is 431 g/mol. The van der Waals surface area contributed by atoms with Gasteiger partial charge in [-0.3, -0.25) is 4.79 Å². The van der Waals surface area contributed by atoms with Gasteiger partial charge in [0, 0.05) is 5.69 Å². The van der Waals surface area contributed by atoms with Crippen LogP contribution in [-0.2, 0) is 14.8 Å². The first-order valence-electron chi connectivity index (χ1n) is 10.5. The lowest BCUT2D eigenvalue weighted by Gasteiger charge is -2.31. The second-order valence-corrected chi connectivity index (χ2v) is 10.3. The van der Waals surface area contributed by atoms with Crippen LogP contribution in [0.2, 0.25) is 0 Å². The van der Waals surface area contributed by atoms with Crippen molar-refractivity contribution in [2.75, 3.05) is 38.0 Å². The third-order valence-corrected chi connectivity index (χ3v) is 7.60. The second-order valence-electron chi connectivity index (χ2n) is 8.39. The monoisotopic (exact) mass is 430 g/mol. The average Bonchev–Trinajstić information content (AvgIpc) is 2.70. The van der Waals surface area contributed by atoms with E-state index in [4.69, 9.17) is 0 Å². The van der Waals surface area contributed by atoms with Crippen molar-refractivity contribution in [3.63, 3.8) is 0 Å². The van der Waals surface area contributed by atoms with Crippen molar-refractivity contribution >= 4 is 21.6 Å². The quantitative estimate of drug-likeness (QED) is 0.736. The smallest absolute Gasteiger partial charge is 0.279 e. The Bertz CT molecular complexity index is 993. The predicted molar refractivity (Wildman–Crippen MR) is 119 cm³/mol. The Kier molecular flexibility index (Phi) is 6.95. The molecular weight excluding hydrogens is 398 g/mol. The molecular formula is C23H32N3O3S+. The number of sulfonamides is 1. The maximum atomic E-state index is 12.8. The van der Waals surface area contributed by atoms with Gasteiger partial charge in [-0.15, -0.1) is 0 Å². The van der Waals surface area contributed by atoms with Crippen molar-refractivity contribution in [2.45, 2.75) is 38.5 Å². The van der Waals surface area contributed by atoms with Gasteiger partial charge in [0.1, 0.15) is 0 Å². The minimum atomic E-state index is -3.48. The van der Waals surface area contributed by atoms with Crippen molar-refractivity contribution < 1.29 is 18.1 Å². The third-order valence-electron chi connectivity index (χ3n) is 5.69. The number of hydrogen-bond acceptors (Lipinski definition) is 3. The molecule has 1 saturated heterocycles. The zero-order valence-electron chi connectivity index (χ0n) is 18.2. The largest absolute Gasteiger partial charge is 0.325 e. The summed E-state index contributed by atoms with van der Waals surface area (Å²) in [6, 6.07) is 13.0. The van der Waals surface area contributed by atoms with Crippen LogP contribution in [0.5, 0.6) is 0 Å². The van der Waals surface area contributed by atoms with Crippen molar-refractivity contribution in [1.29, 1.82) is 0 Å². The highest BCUT2D eigenvalue weighted by Crippen LogP contribution is 2.27. The summed E-state index contributed by atoms with van der Waals surface area (Å²) in [6.45, 7) is 10.6. The molecule has 2 aromatic rings. The van der Waals surface area contributed by atoms with Gasteiger partial charge in [-0.2, -0.15) is 4.31 Å². The van der Waals surface area contributed by atoms with Crippen LogP contribution < -0.4 is 10.2 Å². The normalized spacial score (nSPS) is 16.0. The van der Waals surface area contributed by atoms with Crippen LogP contribution in [0.4, 0.5) is 5.69 Å². The van der Waals surface area contributed by atoms with Gasteiger partial charge >= 0.3 is 0 Å². The minimum absolute atomic E-state index is 0.0314. The maximum Gasteiger partial charge on any atom is 0.279 e. The number of piperazine rings is 1. The molecule has 1 heterocycles. The first kappa shape index (κ1) is 22.5. The lowest BCUT2D eigenvalue weighted by molar-refractivity contribution is -0.895. The molecule has 0 aliphatic carbocycles. The molecule has 1 aliphatic rings. The Balaban J connectivity index is 1.59. The molecule has 0 bridgehead atoms. The van der Waals surface area contributed by atoms with Crippen molar-refractivity contribution in [3.8, 4) is 0 Å². The molecule has 1 amide bonds. The van der Waals surface area contributed by atoms with Crippen LogP contribution in [0, 0.1) is 13.8 Å². The topological polar surface area (TPSA) is 70.9 Å². The summed E-state index contributed by atoms with van der Waals surface area (Å²) in [7, 11) is -3.48. The molecule has 0 atom stereocenters. The number of carbonyl (C=O) groups is 1. The predicted octanol–water partition coefficient (Wildman–Crippen LogP) is 1.95. The van der Waals surface area contributed by atoms with E-state index in [0.29, 0.717) is 43.5 Å². The highest BCUT2D eigenvalue weighted by molar-refractivity contribution is 7.89. The molecule has 1 fully saturated rings. The first-order chi connectivity index (χ1) is 14.2. The molecule has 162 valence electrons. The van der Waals surface area contributed by atoms with Crippen LogP contribution in [0.3, 0.4) is 0 Å². The fourth-order valence-corrected chi connectivity index (χ4v) is 5.27. The maximum absolute atomic E-state index is 12.8. The van der Waals surface area contributed by atoms with Gasteiger partial charge in [0.05, 0.1) is 31.1 Å². The van der Waals surface area contributed by atoms with Gasteiger partial charge in [0.2, 0.25) is 10.0 Å². The van der Waals surface area contributed by atoms with Crippen molar-refractivity contribution in [1.82, 2.24) is 4.31 Å². The molecule has 3 rings (SSSR count). The Morgan fingerprint density at radius 3 is 2.30 bits per heavy atom. The number of nitrogens with one attached hydrogen (secondary N) is 2. The number of nitrogens with zero attached hydrogens (tertiary/aromatic N) is 1. The molecule has 1 aliphatic heterocycles. The number of rotatable bonds is 6. The van der Waals surface area contributed by atoms with E-state index >= 15 is 0 Å². The molecule has 7 heteroatoms. The zero-order chi connectivity index (χ0) is 21.9. The Morgan fingerprint density at radius 1 is 1.07 bits per heavy atom. The van der Waals surface area contributed by atoms with Gasteiger partial charge in [-0.25, -0.2) is 8.42 Å². The molecule has 2 aromatic carbocycles. The molecule has 0 unspecified atom stereocenters. The van der Waals surface area contributed by atoms with Crippen LogP contribution in [0.15, 0.2) is 47.4 Å². The lowest BCUT2D eigenvalue weighted by atomic mass is 9.98. The van der Waals surface area contributed by atoms with Gasteiger partial charge < -0.3 is 10.2 Å². The Hall–Kier alpha value is -2.22. The SMILES string of the molecule is Cc1ccc(S(=O)(=O)N2CC[NH+](CC(=O)Nc3c(C)cccc3C(C)C)CC2)cc1. The molecule has 0 saturated carbocycles. The molecule has 6 nitrogen and oxygen atoms in total. The van der Waals surface area contributed by atoms with Crippen molar-refractivity contribution in [2.24, 2.45) is 0 Å². The number of carbonyl (C=O) groups excluding carboxylic acids is 1. The highest BCUT2D eigenvalue weighted by Gasteiger charge is 2.31. The van der Waals surface area contributed by atoms with Gasteiger partial charge in [0.25, 0.3) is 5.91 Å². The molecule has 30 heavy (non-hydrogen) atoms. The molecule has 0 radical (unpaired) electrons. The highest BCUT2D eigenvalue weighted by atomic mass is 32.2. The number of aryl methyl sites for hydroxylation is 2. The van der Waals surface area contributed by atoms with Crippen LogP contribution in [0.1, 0.15) is 36.5 Å². The summed E-state index contributed by atoms with van der Waals surface area (Å²) >= 11 is 0. The number of anilines is 1. The Morgan fingerprint density at radius 2 is 1.70 bits per heavy atom. The van der Waals surface area contributed by atoms with Crippen LogP contribution >= 0.6 is 0 Å². The van der Waals surface area contributed by atoms with E-state index < -0.39 is 10.0 Å². The first-order valence-corrected chi connectivity index (χ1v) is 11.9. The zero-order valence-corrected chi connectivity index (χ0v) is 19.1. The Labute approximate surface area is 179 Å². The van der Waals surface area contributed by atoms with Gasteiger partial charge in [-0.1, -0.05) is 49.7 Å². The van der Waals surface area contributed by atoms with E-state index in [9.17, 15) is 13.2 Å². The number of hydrogen-bond donors (Lipinski definition) is 2. The molecule has 0 aromatic heterocycles. The number of benzene rings is 2. The van der Waals surface area contributed by atoms with E-state index in [1.165, 1.54) is 4.31 Å². The van der Waals surface area contributed by atoms with Crippen LogP contribution in [0.25, 0.3) is 0 Å². The van der Waals surface area contributed by atoms with Gasteiger partial charge in [0.15, 0.2) is 6.54 Å². The summed E-state index contributed by atoms with van der Waals surface area (Å²) in [4.78, 5) is 14.1. The van der Waals surface area contributed by atoms with E-state index in [2.05, 4.69) is 25.2 Å². The number of amides is 1. The fourth-order valence-electron chi connectivity index (χ4n) is 3.83. The van der Waals surface area contributed by atoms with E-state index in [0.717, 1.165) is 27.3 Å². The summed E-state index contributed by atoms with van der Waals surface area (Å²) in [5, 5.41) is 3.09. The minimum Gasteiger partial charge on any atom is -0.325 e. The van der Waals surface area contributed by atoms with E-state index in [1.54, 1.807) is 12.1 Å². The van der Waals surface area contributed by atoms with E-state index in [-0.39, 0.29) is 5.91 Å². The van der Waals surface area contributed by atoms with Crippen LogP contribution in [-0.4, -0.2) is 51.4 Å². The summed E-state index contributed by atoms with van der Waals surface area (Å²) in [6.07, 6.45) is 0. The van der Waals surface area contributed by atoms with Crippen molar-refractivity contribution in [3.05, 3.63) is 59.2 Å². The molecule has 0 spiro atoms. The summed E-state index contributed by atoms with van der Waals surface area (Å²) < 4.78 is 27.2. The number of quaternary nitrogens is 1. The summed E-state index contributed by atoms with van der Waals surface area (Å²) in [5.74, 6) is 0.291. The molecule has 2 N–H and O–H groups in total. The van der Waals surface area contributed by atoms with E-state index in [1.807, 2.05) is 38.1 Å². The summed E-state index contributed by atoms with van der Waals surface area (Å²) in [5.41, 5.74) is 4.12. The second kappa shape index (κ2) is 9.29. The number of para-hydroxylation sites is 1. The standard InChI is InChI=1S/C23H31N3O3S/c1-17(2)21-7-5-6-19(4)23(21)24-22(27)16-25-12-14-26(15-13-25)30(28,29)20-10-8-18(3)9-11-20/h5-11,17H,12-16H2,1-4H3,(H,24,27)/p+1. The van der Waals surface area contributed by atoms with Gasteiger partial charge in [-0.05, 0) is 43.0 Å². The fraction of sp³-hybridized carbons (Fsp3) is 0.435. The lowest BCUT2D eigenvalue weighted by Crippen LogP contribution is -3.15.